The van der Waals surface area contributed by atoms with Crippen molar-refractivity contribution in [2.24, 2.45) is 0 Å². The predicted octanol–water partition coefficient (Wildman–Crippen LogP) is 3.38. The Hall–Kier alpha value is -1.49. The average Bonchev–Trinajstić information content (AvgIpc) is 2.57. The number of carbonyl (C=O) groups is 1. The van der Waals surface area contributed by atoms with Gasteiger partial charge >= 0.3 is 139 Å². The Balaban J connectivity index is 0.000000595. The van der Waals surface area contributed by atoms with E-state index in [1.807, 2.05) is 0 Å². The Labute approximate surface area is 154 Å². The van der Waals surface area contributed by atoms with Crippen LogP contribution in [0.25, 0.3) is 0 Å². The molecule has 0 aromatic heterocycles. The third-order valence-electron chi connectivity index (χ3n) is 4.06. The Morgan fingerprint density at radius 2 is 1.65 bits per heavy atom. The maximum absolute atomic E-state index is 8.36. The van der Waals surface area contributed by atoms with Crippen molar-refractivity contribution < 1.29 is 9.90 Å². The molecule has 0 aliphatic carbocycles. The van der Waals surface area contributed by atoms with Crippen LogP contribution in [0.3, 0.4) is 0 Å². The van der Waals surface area contributed by atoms with Crippen LogP contribution in [0, 0.1) is 0 Å². The summed E-state index contributed by atoms with van der Waals surface area (Å²) in [6.07, 6.45) is 2.99. The van der Waals surface area contributed by atoms with E-state index in [1.54, 1.807) is 0 Å². The SMILES string of the molecule is O=CO.[Na][CH]1CCN(c2ccccc2)C(Nc2ccccc2)C1. The molecule has 1 heterocycles. The molecule has 1 saturated heterocycles. The quantitative estimate of drug-likeness (QED) is 0.672. The number of benzene rings is 2. The molecule has 0 radical (unpaired) electrons. The fraction of sp³-hybridized carbons (Fsp3) is 0.278. The van der Waals surface area contributed by atoms with Crippen LogP contribution < -0.4 is 10.2 Å². The van der Waals surface area contributed by atoms with Gasteiger partial charge in [0.05, 0.1) is 0 Å². The van der Waals surface area contributed by atoms with Gasteiger partial charge in [0.1, 0.15) is 0 Å². The van der Waals surface area contributed by atoms with Gasteiger partial charge in [-0.3, -0.25) is 4.79 Å². The van der Waals surface area contributed by atoms with Gasteiger partial charge in [-0.25, -0.2) is 0 Å². The minimum atomic E-state index is -0.250. The second kappa shape index (κ2) is 9.60. The molecule has 1 fully saturated rings. The number of piperidine rings is 1. The van der Waals surface area contributed by atoms with Crippen LogP contribution in [0.2, 0.25) is 3.17 Å². The number of rotatable bonds is 3. The van der Waals surface area contributed by atoms with Gasteiger partial charge in [0.15, 0.2) is 0 Å². The number of nitrogens with one attached hydrogen (secondary N) is 1. The van der Waals surface area contributed by atoms with E-state index >= 15 is 0 Å². The molecule has 0 amide bonds. The second-order valence-corrected chi connectivity index (χ2v) is 7.42. The topological polar surface area (TPSA) is 52.6 Å². The summed E-state index contributed by atoms with van der Waals surface area (Å²) in [5, 5.41) is 10.6. The first-order valence-corrected chi connectivity index (χ1v) is 9.11. The van der Waals surface area contributed by atoms with Gasteiger partial charge < -0.3 is 5.11 Å². The number of carboxylic acid groups (broad SMARTS) is 1. The molecule has 2 N–H and O–H groups in total. The van der Waals surface area contributed by atoms with Crippen LogP contribution in [-0.4, -0.2) is 52.2 Å². The van der Waals surface area contributed by atoms with E-state index in [9.17, 15) is 0 Å². The molecule has 1 aliphatic heterocycles. The zero-order valence-corrected chi connectivity index (χ0v) is 15.4. The summed E-state index contributed by atoms with van der Waals surface area (Å²) in [5.74, 6) is 0. The van der Waals surface area contributed by atoms with Crippen LogP contribution >= 0.6 is 0 Å². The van der Waals surface area contributed by atoms with Crippen LogP contribution in [0.15, 0.2) is 60.7 Å². The predicted molar refractivity (Wildman–Crippen MR) is 95.1 cm³/mol. The summed E-state index contributed by atoms with van der Waals surface area (Å²) in [4.78, 5) is 10.9. The van der Waals surface area contributed by atoms with Crippen molar-refractivity contribution in [2.45, 2.75) is 22.2 Å². The summed E-state index contributed by atoms with van der Waals surface area (Å²) in [5.41, 5.74) is 2.55. The van der Waals surface area contributed by atoms with E-state index in [0.29, 0.717) is 6.17 Å². The molecule has 3 rings (SSSR count). The minimum absolute atomic E-state index is 0.250. The number of nitrogens with zero attached hydrogens (tertiary/aromatic N) is 1. The van der Waals surface area contributed by atoms with Crippen LogP contribution in [0.1, 0.15) is 12.8 Å². The normalized spacial score (nSPS) is 20.2. The molecular weight excluding hydrogens is 299 g/mol. The number of para-hydroxylation sites is 2. The van der Waals surface area contributed by atoms with Gasteiger partial charge in [-0.05, 0) is 0 Å². The van der Waals surface area contributed by atoms with Crippen molar-refractivity contribution in [3.8, 4) is 0 Å². The summed E-state index contributed by atoms with van der Waals surface area (Å²) in [7, 11) is 0. The molecule has 4 nitrogen and oxygen atoms in total. The molecule has 0 bridgehead atoms. The van der Waals surface area contributed by atoms with E-state index in [4.69, 9.17) is 9.90 Å². The van der Waals surface area contributed by atoms with Gasteiger partial charge in [0, 0.05) is 0 Å². The molecule has 116 valence electrons. The van der Waals surface area contributed by atoms with Crippen molar-refractivity contribution in [1.82, 2.24) is 0 Å². The second-order valence-electron chi connectivity index (χ2n) is 5.79. The van der Waals surface area contributed by atoms with E-state index in [-0.39, 0.29) is 6.47 Å². The first-order chi connectivity index (χ1) is 11.2. The molecule has 0 spiro atoms. The van der Waals surface area contributed by atoms with Crippen LogP contribution in [0.4, 0.5) is 11.4 Å². The fourth-order valence-electron chi connectivity index (χ4n) is 2.93. The summed E-state index contributed by atoms with van der Waals surface area (Å²) in [6.45, 7) is 0.905. The third kappa shape index (κ3) is 5.57. The van der Waals surface area contributed by atoms with Gasteiger partial charge in [-0.2, -0.15) is 0 Å². The molecular formula is C18H21N2NaO2. The van der Waals surface area contributed by atoms with Gasteiger partial charge in [-0.15, -0.1) is 0 Å². The molecule has 1 aliphatic rings. The number of hydrogen-bond acceptors (Lipinski definition) is 3. The van der Waals surface area contributed by atoms with Gasteiger partial charge in [0.2, 0.25) is 0 Å². The van der Waals surface area contributed by atoms with Crippen molar-refractivity contribution in [3.05, 3.63) is 60.7 Å². The summed E-state index contributed by atoms with van der Waals surface area (Å²) < 4.78 is 0.913. The monoisotopic (exact) mass is 320 g/mol. The van der Waals surface area contributed by atoms with Crippen molar-refractivity contribution in [3.63, 3.8) is 0 Å². The number of anilines is 2. The third-order valence-corrected chi connectivity index (χ3v) is 5.11. The Morgan fingerprint density at radius 3 is 2.26 bits per heavy atom. The molecule has 2 aromatic rings. The van der Waals surface area contributed by atoms with Crippen molar-refractivity contribution >= 4 is 45.8 Å². The molecule has 23 heavy (non-hydrogen) atoms. The van der Waals surface area contributed by atoms with Crippen LogP contribution in [0.5, 0.6) is 0 Å². The number of hydrogen-bond donors (Lipinski definition) is 2. The van der Waals surface area contributed by atoms with Gasteiger partial charge in [0.25, 0.3) is 6.47 Å². The molecule has 5 heteroatoms. The van der Waals surface area contributed by atoms with E-state index in [1.165, 1.54) is 52.1 Å². The maximum atomic E-state index is 8.36. The Kier molecular flexibility index (Phi) is 7.46. The van der Waals surface area contributed by atoms with E-state index in [2.05, 4.69) is 70.9 Å². The van der Waals surface area contributed by atoms with Crippen molar-refractivity contribution in [2.75, 3.05) is 16.8 Å². The molecule has 0 saturated carbocycles. The summed E-state index contributed by atoms with van der Waals surface area (Å²) in [6, 6.07) is 21.3. The fourth-order valence-corrected chi connectivity index (χ4v) is 3.64. The Morgan fingerprint density at radius 1 is 1.09 bits per heavy atom. The molecule has 2 aromatic carbocycles. The molecule has 2 unspecified atom stereocenters. The van der Waals surface area contributed by atoms with Crippen molar-refractivity contribution in [1.29, 1.82) is 0 Å². The molecule has 2 atom stereocenters. The zero-order valence-electron chi connectivity index (χ0n) is 13.4. The summed E-state index contributed by atoms with van der Waals surface area (Å²) >= 11 is 1.29. The zero-order chi connectivity index (χ0) is 16.5. The first-order valence-electron chi connectivity index (χ1n) is 7.95. The average molecular weight is 320 g/mol. The van der Waals surface area contributed by atoms with E-state index in [0.717, 1.165) is 9.71 Å². The van der Waals surface area contributed by atoms with Crippen LogP contribution in [-0.2, 0) is 4.79 Å². The van der Waals surface area contributed by atoms with Gasteiger partial charge in [-0.1, -0.05) is 0 Å². The van der Waals surface area contributed by atoms with E-state index < -0.39 is 0 Å². The Bertz CT molecular complexity index is 580. The first kappa shape index (κ1) is 17.9. The standard InChI is InChI=1S/C17H19N2.CH2O2.Na/c1-3-9-15(10-4-1)18-17-13-7-8-14-19(17)16-11-5-2-6-12-16;2-1-3;/h1-7,9-12,17-18H,8,13-14H2;1H,(H,2,3);.